The van der Waals surface area contributed by atoms with Gasteiger partial charge in [0.15, 0.2) is 0 Å². The van der Waals surface area contributed by atoms with Crippen molar-refractivity contribution in [2.75, 3.05) is 19.0 Å². The molecule has 2 rings (SSSR count). The fourth-order valence-electron chi connectivity index (χ4n) is 2.64. The molecule has 0 radical (unpaired) electrons. The van der Waals surface area contributed by atoms with E-state index in [0.717, 1.165) is 11.3 Å². The van der Waals surface area contributed by atoms with Gasteiger partial charge in [-0.25, -0.2) is 0 Å². The molecule has 2 N–H and O–H groups in total. The number of anilines is 1. The number of methoxy groups -OCH3 is 1. The third-order valence-corrected chi connectivity index (χ3v) is 4.23. The number of carbonyl (C=O) groups excluding carboxylic acids is 2. The smallest absolute Gasteiger partial charge is 0.233 e. The lowest BCUT2D eigenvalue weighted by Crippen LogP contribution is -2.29. The number of hydrogen-bond donors (Lipinski definition) is 2. The molecule has 144 valence electrons. The predicted molar refractivity (Wildman–Crippen MR) is 108 cm³/mol. The van der Waals surface area contributed by atoms with Crippen LogP contribution in [0.4, 0.5) is 5.69 Å². The van der Waals surface area contributed by atoms with Crippen molar-refractivity contribution in [3.05, 3.63) is 59.7 Å². The highest BCUT2D eigenvalue weighted by Crippen LogP contribution is 2.23. The summed E-state index contributed by atoms with van der Waals surface area (Å²) in [6, 6.07) is 15.4. The first-order chi connectivity index (χ1) is 12.8. The van der Waals surface area contributed by atoms with E-state index in [-0.39, 0.29) is 23.7 Å². The third kappa shape index (κ3) is 6.77. The van der Waals surface area contributed by atoms with E-state index >= 15 is 0 Å². The summed E-state index contributed by atoms with van der Waals surface area (Å²) in [4.78, 5) is 24.0. The number of hydrogen-bond acceptors (Lipinski definition) is 3. The lowest BCUT2D eigenvalue weighted by atomic mass is 9.87. The summed E-state index contributed by atoms with van der Waals surface area (Å²) in [6.07, 6.45) is 0.484. The lowest BCUT2D eigenvalue weighted by molar-refractivity contribution is -0.126. The van der Waals surface area contributed by atoms with Gasteiger partial charge < -0.3 is 15.4 Å². The molecule has 0 aliphatic carbocycles. The average Bonchev–Trinajstić information content (AvgIpc) is 2.61. The van der Waals surface area contributed by atoms with Gasteiger partial charge in [-0.1, -0.05) is 45.0 Å². The number of benzene rings is 2. The highest BCUT2D eigenvalue weighted by molar-refractivity contribution is 6.03. The SMILES string of the molecule is COc1cccc(CCNC(=O)CC(=O)Nc2ccc(C(C)(C)C)cc2)c1. The highest BCUT2D eigenvalue weighted by Gasteiger charge is 2.14. The van der Waals surface area contributed by atoms with Crippen molar-refractivity contribution in [3.8, 4) is 5.75 Å². The van der Waals surface area contributed by atoms with E-state index in [2.05, 4.69) is 31.4 Å². The van der Waals surface area contributed by atoms with Crippen LogP contribution in [0.3, 0.4) is 0 Å². The summed E-state index contributed by atoms with van der Waals surface area (Å²) in [5.74, 6) is 0.176. The van der Waals surface area contributed by atoms with Crippen LogP contribution in [0.1, 0.15) is 38.3 Å². The van der Waals surface area contributed by atoms with Gasteiger partial charge in [-0.15, -0.1) is 0 Å². The molecule has 5 nitrogen and oxygen atoms in total. The predicted octanol–water partition coefficient (Wildman–Crippen LogP) is 3.68. The number of nitrogens with one attached hydrogen (secondary N) is 2. The Balaban J connectivity index is 1.75. The molecule has 0 saturated heterocycles. The molecule has 2 aromatic carbocycles. The number of rotatable bonds is 7. The second-order valence-corrected chi connectivity index (χ2v) is 7.50. The maximum atomic E-state index is 12.0. The molecule has 0 saturated carbocycles. The van der Waals surface area contributed by atoms with Crippen LogP contribution in [-0.2, 0) is 21.4 Å². The molecular weight excluding hydrogens is 340 g/mol. The first-order valence-corrected chi connectivity index (χ1v) is 9.08. The Labute approximate surface area is 161 Å². The molecule has 0 fully saturated rings. The van der Waals surface area contributed by atoms with Gasteiger partial charge in [-0.2, -0.15) is 0 Å². The minimum Gasteiger partial charge on any atom is -0.497 e. The second-order valence-electron chi connectivity index (χ2n) is 7.50. The van der Waals surface area contributed by atoms with Gasteiger partial charge in [0.1, 0.15) is 12.2 Å². The van der Waals surface area contributed by atoms with E-state index in [0.29, 0.717) is 18.7 Å². The van der Waals surface area contributed by atoms with Gasteiger partial charge in [-0.3, -0.25) is 9.59 Å². The molecule has 2 aromatic rings. The Morgan fingerprint density at radius 3 is 2.33 bits per heavy atom. The topological polar surface area (TPSA) is 67.4 Å². The molecule has 0 unspecified atom stereocenters. The largest absolute Gasteiger partial charge is 0.497 e. The zero-order valence-corrected chi connectivity index (χ0v) is 16.5. The van der Waals surface area contributed by atoms with Crippen molar-refractivity contribution < 1.29 is 14.3 Å². The summed E-state index contributed by atoms with van der Waals surface area (Å²) < 4.78 is 5.18. The summed E-state index contributed by atoms with van der Waals surface area (Å²) in [5.41, 5.74) is 3.01. The van der Waals surface area contributed by atoms with Gasteiger partial charge in [0.2, 0.25) is 11.8 Å². The van der Waals surface area contributed by atoms with E-state index in [1.807, 2.05) is 48.5 Å². The van der Waals surface area contributed by atoms with Crippen LogP contribution in [0.25, 0.3) is 0 Å². The zero-order chi connectivity index (χ0) is 19.9. The minimum atomic E-state index is -0.322. The Bertz CT molecular complexity index is 777. The van der Waals surface area contributed by atoms with Crippen LogP contribution in [0.5, 0.6) is 5.75 Å². The molecule has 0 bridgehead atoms. The fraction of sp³-hybridized carbons (Fsp3) is 0.364. The quantitative estimate of drug-likeness (QED) is 0.733. The van der Waals surface area contributed by atoms with Gasteiger partial charge >= 0.3 is 0 Å². The van der Waals surface area contributed by atoms with Crippen LogP contribution >= 0.6 is 0 Å². The maximum Gasteiger partial charge on any atom is 0.233 e. The van der Waals surface area contributed by atoms with Crippen LogP contribution in [-0.4, -0.2) is 25.5 Å². The normalized spacial score (nSPS) is 11.0. The maximum absolute atomic E-state index is 12.0. The first-order valence-electron chi connectivity index (χ1n) is 9.08. The first kappa shape index (κ1) is 20.5. The molecule has 0 spiro atoms. The lowest BCUT2D eigenvalue weighted by Gasteiger charge is -2.19. The van der Waals surface area contributed by atoms with Crippen molar-refractivity contribution in [2.24, 2.45) is 0 Å². The summed E-state index contributed by atoms with van der Waals surface area (Å²) in [5, 5.41) is 5.53. The van der Waals surface area contributed by atoms with E-state index in [1.54, 1.807) is 7.11 Å². The van der Waals surface area contributed by atoms with Crippen molar-refractivity contribution in [2.45, 2.75) is 39.0 Å². The van der Waals surface area contributed by atoms with Crippen molar-refractivity contribution in [1.29, 1.82) is 0 Å². The Morgan fingerprint density at radius 1 is 1.00 bits per heavy atom. The van der Waals surface area contributed by atoms with Gasteiger partial charge in [-0.05, 0) is 47.2 Å². The monoisotopic (exact) mass is 368 g/mol. The van der Waals surface area contributed by atoms with Crippen molar-refractivity contribution >= 4 is 17.5 Å². The highest BCUT2D eigenvalue weighted by atomic mass is 16.5. The number of amides is 2. The fourth-order valence-corrected chi connectivity index (χ4v) is 2.64. The number of carbonyl (C=O) groups is 2. The second kappa shape index (κ2) is 9.21. The summed E-state index contributed by atoms with van der Waals surface area (Å²) >= 11 is 0. The molecule has 0 aliphatic heterocycles. The van der Waals surface area contributed by atoms with Crippen LogP contribution < -0.4 is 15.4 Å². The molecule has 0 aliphatic rings. The molecule has 0 atom stereocenters. The standard InChI is InChI=1S/C22H28N2O3/c1-22(2,3)17-8-10-18(11-9-17)24-21(26)15-20(25)23-13-12-16-6-5-7-19(14-16)27-4/h5-11,14H,12-13,15H2,1-4H3,(H,23,25)(H,24,26). The molecule has 0 heterocycles. The average molecular weight is 368 g/mol. The van der Waals surface area contributed by atoms with Crippen LogP contribution in [0.2, 0.25) is 0 Å². The Hall–Kier alpha value is -2.82. The summed E-state index contributed by atoms with van der Waals surface area (Å²) in [6.45, 7) is 6.88. The Morgan fingerprint density at radius 2 is 1.70 bits per heavy atom. The third-order valence-electron chi connectivity index (χ3n) is 4.23. The van der Waals surface area contributed by atoms with Crippen molar-refractivity contribution in [3.63, 3.8) is 0 Å². The molecule has 27 heavy (non-hydrogen) atoms. The van der Waals surface area contributed by atoms with E-state index in [1.165, 1.54) is 5.56 Å². The summed E-state index contributed by atoms with van der Waals surface area (Å²) in [7, 11) is 1.62. The molecule has 2 amide bonds. The number of ether oxygens (including phenoxy) is 1. The van der Waals surface area contributed by atoms with Gasteiger partial charge in [0.25, 0.3) is 0 Å². The van der Waals surface area contributed by atoms with E-state index in [4.69, 9.17) is 4.74 Å². The van der Waals surface area contributed by atoms with Crippen LogP contribution in [0.15, 0.2) is 48.5 Å². The van der Waals surface area contributed by atoms with Crippen molar-refractivity contribution in [1.82, 2.24) is 5.32 Å². The van der Waals surface area contributed by atoms with Crippen LogP contribution in [0, 0.1) is 0 Å². The zero-order valence-electron chi connectivity index (χ0n) is 16.5. The van der Waals surface area contributed by atoms with Gasteiger partial charge in [0, 0.05) is 12.2 Å². The molecular formula is C22H28N2O3. The van der Waals surface area contributed by atoms with Gasteiger partial charge in [0.05, 0.1) is 7.11 Å². The molecule has 0 aromatic heterocycles. The van der Waals surface area contributed by atoms with E-state index < -0.39 is 0 Å². The van der Waals surface area contributed by atoms with E-state index in [9.17, 15) is 9.59 Å². The molecule has 5 heteroatoms. The minimum absolute atomic E-state index is 0.0607. The Kier molecular flexibility index (Phi) is 6.99.